The van der Waals surface area contributed by atoms with Crippen molar-refractivity contribution in [3.8, 4) is 0 Å². The number of urea groups is 1. The van der Waals surface area contributed by atoms with Gasteiger partial charge in [0.05, 0.1) is 5.56 Å². The Kier molecular flexibility index (Phi) is 6.35. The monoisotopic (exact) mass is 335 g/mol. The zero-order valence-electron chi connectivity index (χ0n) is 12.3. The Morgan fingerprint density at radius 3 is 2.43 bits per heavy atom. The molecule has 0 aliphatic carbocycles. The maximum atomic E-state index is 13.4. The van der Waals surface area contributed by atoms with Gasteiger partial charge in [0.1, 0.15) is 11.9 Å². The molecule has 0 bridgehead atoms. The predicted octanol–water partition coefficient (Wildman–Crippen LogP) is 3.01. The fraction of sp³-hybridized carbons (Fsp3) is 0.429. The predicted molar refractivity (Wildman–Crippen MR) is 76.1 cm³/mol. The molecule has 0 aliphatic heterocycles. The van der Waals surface area contributed by atoms with Crippen LogP contribution in [0.4, 0.5) is 28.0 Å². The van der Waals surface area contributed by atoms with Gasteiger partial charge in [0.2, 0.25) is 5.91 Å². The smallest absolute Gasteiger partial charge is 0.368 e. The molecule has 0 saturated heterocycles. The van der Waals surface area contributed by atoms with Crippen molar-refractivity contribution in [3.63, 3.8) is 0 Å². The first-order valence-electron chi connectivity index (χ1n) is 6.88. The Morgan fingerprint density at radius 2 is 1.96 bits per heavy atom. The second kappa shape index (κ2) is 7.80. The standard InChI is InChI=1S/C14H17F4N3O2/c1-2-3-4-11(12(19)22)21-13(23)20-8-5-6-9(10(15)7-8)14(16,17)18/h5-7,11H,2-4H2,1H3,(H2,19,22)(H2,20,21,23). The van der Waals surface area contributed by atoms with Gasteiger partial charge in [0.15, 0.2) is 0 Å². The molecule has 1 unspecified atom stereocenters. The van der Waals surface area contributed by atoms with Crippen LogP contribution in [0.5, 0.6) is 0 Å². The fourth-order valence-corrected chi connectivity index (χ4v) is 1.84. The molecule has 1 rings (SSSR count). The summed E-state index contributed by atoms with van der Waals surface area (Å²) >= 11 is 0. The fourth-order valence-electron chi connectivity index (χ4n) is 1.84. The number of hydrogen-bond acceptors (Lipinski definition) is 2. The Hall–Kier alpha value is -2.32. The summed E-state index contributed by atoms with van der Waals surface area (Å²) < 4.78 is 50.7. The summed E-state index contributed by atoms with van der Waals surface area (Å²) in [7, 11) is 0. The third-order valence-electron chi connectivity index (χ3n) is 3.03. The van der Waals surface area contributed by atoms with Gasteiger partial charge in [-0.25, -0.2) is 9.18 Å². The lowest BCUT2D eigenvalue weighted by Gasteiger charge is -2.16. The van der Waals surface area contributed by atoms with E-state index in [9.17, 15) is 27.2 Å². The molecule has 5 nitrogen and oxygen atoms in total. The van der Waals surface area contributed by atoms with Crippen LogP contribution in [0.15, 0.2) is 18.2 Å². The van der Waals surface area contributed by atoms with Crippen molar-refractivity contribution in [3.05, 3.63) is 29.6 Å². The highest BCUT2D eigenvalue weighted by Gasteiger charge is 2.34. The third kappa shape index (κ3) is 5.76. The van der Waals surface area contributed by atoms with Crippen LogP contribution in [0.2, 0.25) is 0 Å². The lowest BCUT2D eigenvalue weighted by atomic mass is 10.1. The highest BCUT2D eigenvalue weighted by atomic mass is 19.4. The van der Waals surface area contributed by atoms with Gasteiger partial charge in [0.25, 0.3) is 0 Å². The van der Waals surface area contributed by atoms with E-state index in [-0.39, 0.29) is 5.69 Å². The van der Waals surface area contributed by atoms with E-state index in [1.165, 1.54) is 0 Å². The van der Waals surface area contributed by atoms with Gasteiger partial charge in [-0.1, -0.05) is 19.8 Å². The van der Waals surface area contributed by atoms with Crippen molar-refractivity contribution < 1.29 is 27.2 Å². The summed E-state index contributed by atoms with van der Waals surface area (Å²) in [5.74, 6) is -2.24. The molecular weight excluding hydrogens is 318 g/mol. The number of benzene rings is 1. The number of alkyl halides is 3. The van der Waals surface area contributed by atoms with Crippen LogP contribution in [-0.4, -0.2) is 18.0 Å². The van der Waals surface area contributed by atoms with Gasteiger partial charge in [0, 0.05) is 5.69 Å². The number of hydrogen-bond donors (Lipinski definition) is 3. The Morgan fingerprint density at radius 1 is 1.30 bits per heavy atom. The molecule has 1 aromatic carbocycles. The summed E-state index contributed by atoms with van der Waals surface area (Å²) in [6.45, 7) is 1.89. The van der Waals surface area contributed by atoms with E-state index >= 15 is 0 Å². The Labute approximate surface area is 130 Å². The number of carbonyl (C=O) groups is 2. The normalized spacial score (nSPS) is 12.6. The number of unbranched alkanes of at least 4 members (excludes halogenated alkanes) is 1. The second-order valence-electron chi connectivity index (χ2n) is 4.89. The molecule has 23 heavy (non-hydrogen) atoms. The molecule has 0 aliphatic rings. The molecule has 0 aromatic heterocycles. The summed E-state index contributed by atoms with van der Waals surface area (Å²) in [4.78, 5) is 22.9. The maximum Gasteiger partial charge on any atom is 0.419 e. The summed E-state index contributed by atoms with van der Waals surface area (Å²) in [6.07, 6.45) is -3.04. The molecular formula is C14H17F4N3O2. The summed E-state index contributed by atoms with van der Waals surface area (Å²) in [6, 6.07) is 0.219. The van der Waals surface area contributed by atoms with Crippen LogP contribution in [-0.2, 0) is 11.0 Å². The van der Waals surface area contributed by atoms with Crippen molar-refractivity contribution in [2.75, 3.05) is 5.32 Å². The van der Waals surface area contributed by atoms with Gasteiger partial charge < -0.3 is 16.4 Å². The van der Waals surface area contributed by atoms with Crippen LogP contribution in [0.1, 0.15) is 31.7 Å². The third-order valence-corrected chi connectivity index (χ3v) is 3.03. The van der Waals surface area contributed by atoms with Gasteiger partial charge in [-0.2, -0.15) is 13.2 Å². The molecule has 128 valence electrons. The summed E-state index contributed by atoms with van der Waals surface area (Å²) in [5, 5.41) is 4.45. The Balaban J connectivity index is 2.73. The van der Waals surface area contributed by atoms with Crippen molar-refractivity contribution >= 4 is 17.6 Å². The molecule has 9 heteroatoms. The molecule has 1 atom stereocenters. The van der Waals surface area contributed by atoms with E-state index in [2.05, 4.69) is 10.6 Å². The number of nitrogens with two attached hydrogens (primary N) is 1. The van der Waals surface area contributed by atoms with Crippen molar-refractivity contribution in [1.29, 1.82) is 0 Å². The number of carbonyl (C=O) groups excluding carboxylic acids is 2. The average Bonchev–Trinajstić information content (AvgIpc) is 2.41. The van der Waals surface area contributed by atoms with E-state index in [1.807, 2.05) is 6.92 Å². The van der Waals surface area contributed by atoms with Crippen LogP contribution >= 0.6 is 0 Å². The number of amides is 3. The Bertz CT molecular complexity index is 576. The number of anilines is 1. The minimum Gasteiger partial charge on any atom is -0.368 e. The first-order chi connectivity index (χ1) is 10.6. The number of rotatable bonds is 6. The van der Waals surface area contributed by atoms with E-state index in [1.54, 1.807) is 0 Å². The zero-order chi connectivity index (χ0) is 17.6. The molecule has 4 N–H and O–H groups in total. The molecule has 0 spiro atoms. The molecule has 0 radical (unpaired) electrons. The molecule has 0 saturated carbocycles. The lowest BCUT2D eigenvalue weighted by molar-refractivity contribution is -0.140. The van der Waals surface area contributed by atoms with Gasteiger partial charge in [-0.3, -0.25) is 4.79 Å². The van der Waals surface area contributed by atoms with E-state index < -0.39 is 35.5 Å². The van der Waals surface area contributed by atoms with Crippen molar-refractivity contribution in [2.45, 2.75) is 38.4 Å². The van der Waals surface area contributed by atoms with Gasteiger partial charge in [-0.15, -0.1) is 0 Å². The average molecular weight is 335 g/mol. The SMILES string of the molecule is CCCCC(NC(=O)Nc1ccc(C(F)(F)F)c(F)c1)C(N)=O. The first-order valence-corrected chi connectivity index (χ1v) is 6.88. The minimum atomic E-state index is -4.82. The molecule has 0 heterocycles. The lowest BCUT2D eigenvalue weighted by Crippen LogP contribution is -2.46. The maximum absolute atomic E-state index is 13.4. The van der Waals surface area contributed by atoms with Crippen LogP contribution in [0.25, 0.3) is 0 Å². The van der Waals surface area contributed by atoms with E-state index in [0.717, 1.165) is 12.5 Å². The second-order valence-corrected chi connectivity index (χ2v) is 4.89. The number of nitrogens with one attached hydrogen (secondary N) is 2. The van der Waals surface area contributed by atoms with Gasteiger partial charge >= 0.3 is 12.2 Å². The number of primary amides is 1. The highest BCUT2D eigenvalue weighted by molar-refractivity contribution is 5.93. The van der Waals surface area contributed by atoms with Crippen LogP contribution in [0, 0.1) is 5.82 Å². The van der Waals surface area contributed by atoms with Crippen LogP contribution < -0.4 is 16.4 Å². The first kappa shape index (κ1) is 18.7. The topological polar surface area (TPSA) is 84.2 Å². The molecule has 3 amide bonds. The minimum absolute atomic E-state index is 0.174. The van der Waals surface area contributed by atoms with Crippen molar-refractivity contribution in [2.24, 2.45) is 5.73 Å². The summed E-state index contributed by atoms with van der Waals surface area (Å²) in [5.41, 5.74) is 3.54. The number of halogens is 4. The largest absolute Gasteiger partial charge is 0.419 e. The van der Waals surface area contributed by atoms with Crippen LogP contribution in [0.3, 0.4) is 0 Å². The van der Waals surface area contributed by atoms with E-state index in [0.29, 0.717) is 25.0 Å². The van der Waals surface area contributed by atoms with Gasteiger partial charge in [-0.05, 0) is 24.6 Å². The van der Waals surface area contributed by atoms with E-state index in [4.69, 9.17) is 5.73 Å². The molecule has 1 aromatic rings. The zero-order valence-corrected chi connectivity index (χ0v) is 12.3. The van der Waals surface area contributed by atoms with Crippen molar-refractivity contribution in [1.82, 2.24) is 5.32 Å². The molecule has 0 fully saturated rings. The highest BCUT2D eigenvalue weighted by Crippen LogP contribution is 2.32. The quantitative estimate of drug-likeness (QED) is 0.698.